The highest BCUT2D eigenvalue weighted by atomic mass is 16.2. The molecule has 0 aliphatic carbocycles. The number of nitrogens with zero attached hydrogens (tertiary/aromatic N) is 1. The molecule has 0 saturated carbocycles. The highest BCUT2D eigenvalue weighted by Gasteiger charge is 2.42. The van der Waals surface area contributed by atoms with Crippen LogP contribution in [0.3, 0.4) is 0 Å². The van der Waals surface area contributed by atoms with E-state index in [9.17, 15) is 4.79 Å². The lowest BCUT2D eigenvalue weighted by Gasteiger charge is -2.43. The Hall–Kier alpha value is -1.35. The number of β-lactam (4-membered cyclic amide) rings is 1. The summed E-state index contributed by atoms with van der Waals surface area (Å²) < 4.78 is 0. The van der Waals surface area contributed by atoms with E-state index in [-0.39, 0.29) is 18.0 Å². The molecule has 0 bridgehead atoms. The zero-order valence-electron chi connectivity index (χ0n) is 7.47. The first kappa shape index (κ1) is 8.26. The van der Waals surface area contributed by atoms with Crippen molar-refractivity contribution in [2.75, 3.05) is 7.05 Å². The Morgan fingerprint density at radius 2 is 1.92 bits per heavy atom. The van der Waals surface area contributed by atoms with Crippen molar-refractivity contribution in [3.63, 3.8) is 0 Å². The monoisotopic (exact) mass is 176 g/mol. The lowest BCUT2D eigenvalue weighted by molar-refractivity contribution is -0.146. The summed E-state index contributed by atoms with van der Waals surface area (Å²) in [6, 6.07) is 9.56. The van der Waals surface area contributed by atoms with E-state index in [4.69, 9.17) is 5.73 Å². The van der Waals surface area contributed by atoms with Gasteiger partial charge in [0.05, 0.1) is 6.04 Å². The molecule has 0 unspecified atom stereocenters. The summed E-state index contributed by atoms with van der Waals surface area (Å²) in [6.07, 6.45) is 0. The maximum absolute atomic E-state index is 11.1. The van der Waals surface area contributed by atoms with Crippen molar-refractivity contribution in [2.24, 2.45) is 5.73 Å². The van der Waals surface area contributed by atoms with Crippen molar-refractivity contribution < 1.29 is 4.79 Å². The number of hydrogen-bond acceptors (Lipinski definition) is 2. The maximum atomic E-state index is 11.1. The molecule has 3 nitrogen and oxygen atoms in total. The van der Waals surface area contributed by atoms with E-state index in [1.165, 1.54) is 0 Å². The van der Waals surface area contributed by atoms with Gasteiger partial charge in [-0.3, -0.25) is 4.79 Å². The average Bonchev–Trinajstić information content (AvgIpc) is 2.19. The second-order valence-corrected chi connectivity index (χ2v) is 3.33. The van der Waals surface area contributed by atoms with Crippen LogP contribution < -0.4 is 5.73 Å². The Balaban J connectivity index is 2.25. The first-order valence-corrected chi connectivity index (χ1v) is 4.29. The maximum Gasteiger partial charge on any atom is 0.242 e. The van der Waals surface area contributed by atoms with E-state index in [1.807, 2.05) is 30.3 Å². The van der Waals surface area contributed by atoms with Crippen LogP contribution in [0, 0.1) is 0 Å². The lowest BCUT2D eigenvalue weighted by Crippen LogP contribution is -2.61. The molecule has 2 N–H and O–H groups in total. The average molecular weight is 176 g/mol. The molecule has 1 saturated heterocycles. The van der Waals surface area contributed by atoms with Crippen molar-refractivity contribution in [3.05, 3.63) is 35.9 Å². The van der Waals surface area contributed by atoms with Crippen LogP contribution in [0.5, 0.6) is 0 Å². The Bertz CT molecular complexity index is 311. The first-order chi connectivity index (χ1) is 6.22. The zero-order valence-corrected chi connectivity index (χ0v) is 7.47. The molecule has 0 radical (unpaired) electrons. The normalized spacial score (nSPS) is 27.2. The van der Waals surface area contributed by atoms with Gasteiger partial charge in [0.2, 0.25) is 5.91 Å². The largest absolute Gasteiger partial charge is 0.335 e. The van der Waals surface area contributed by atoms with Gasteiger partial charge in [0, 0.05) is 7.05 Å². The number of likely N-dealkylation sites (tertiary alicyclic amines) is 1. The Morgan fingerprint density at radius 3 is 2.46 bits per heavy atom. The SMILES string of the molecule is CN1C(=O)[C@H](N)[C@H]1c1ccccc1. The van der Waals surface area contributed by atoms with Crippen molar-refractivity contribution in [2.45, 2.75) is 12.1 Å². The summed E-state index contributed by atoms with van der Waals surface area (Å²) in [5.74, 6) is 0.0221. The van der Waals surface area contributed by atoms with Crippen LogP contribution >= 0.6 is 0 Å². The zero-order chi connectivity index (χ0) is 9.42. The third kappa shape index (κ3) is 1.12. The van der Waals surface area contributed by atoms with Gasteiger partial charge in [0.1, 0.15) is 6.04 Å². The molecule has 1 heterocycles. The second kappa shape index (κ2) is 2.85. The predicted molar refractivity (Wildman–Crippen MR) is 49.9 cm³/mol. The molecular formula is C10H12N2O. The molecular weight excluding hydrogens is 164 g/mol. The van der Waals surface area contributed by atoms with Crippen LogP contribution in [-0.2, 0) is 4.79 Å². The van der Waals surface area contributed by atoms with Gasteiger partial charge >= 0.3 is 0 Å². The fourth-order valence-electron chi connectivity index (χ4n) is 1.75. The third-order valence-corrected chi connectivity index (χ3v) is 2.53. The van der Waals surface area contributed by atoms with E-state index >= 15 is 0 Å². The second-order valence-electron chi connectivity index (χ2n) is 3.33. The number of likely N-dealkylation sites (N-methyl/N-ethyl adjacent to an activating group) is 1. The van der Waals surface area contributed by atoms with Crippen molar-refractivity contribution in [1.82, 2.24) is 4.90 Å². The molecule has 1 aliphatic heterocycles. The van der Waals surface area contributed by atoms with Gasteiger partial charge < -0.3 is 10.6 Å². The van der Waals surface area contributed by atoms with Gasteiger partial charge in [0.15, 0.2) is 0 Å². The van der Waals surface area contributed by atoms with Gasteiger partial charge in [-0.2, -0.15) is 0 Å². The van der Waals surface area contributed by atoms with Crippen LogP contribution in [0.15, 0.2) is 30.3 Å². The first-order valence-electron chi connectivity index (χ1n) is 4.29. The van der Waals surface area contributed by atoms with E-state index in [0.717, 1.165) is 5.56 Å². The Labute approximate surface area is 77.1 Å². The summed E-state index contributed by atoms with van der Waals surface area (Å²) in [6.45, 7) is 0. The van der Waals surface area contributed by atoms with E-state index in [1.54, 1.807) is 11.9 Å². The van der Waals surface area contributed by atoms with Gasteiger partial charge in [-0.05, 0) is 5.56 Å². The van der Waals surface area contributed by atoms with Gasteiger partial charge in [-0.15, -0.1) is 0 Å². The third-order valence-electron chi connectivity index (χ3n) is 2.53. The minimum atomic E-state index is -0.354. The number of amides is 1. The van der Waals surface area contributed by atoms with Crippen molar-refractivity contribution in [3.8, 4) is 0 Å². The molecule has 68 valence electrons. The topological polar surface area (TPSA) is 46.3 Å². The molecule has 1 fully saturated rings. The number of carbonyl (C=O) groups excluding carboxylic acids is 1. The smallest absolute Gasteiger partial charge is 0.242 e. The molecule has 1 amide bonds. The standard InChI is InChI=1S/C10H12N2O/c1-12-9(8(11)10(12)13)7-5-3-2-4-6-7/h2-6,8-9H,11H2,1H3/t8-,9-/m1/s1. The molecule has 0 aromatic heterocycles. The quantitative estimate of drug-likeness (QED) is 0.634. The van der Waals surface area contributed by atoms with Crippen LogP contribution in [0.2, 0.25) is 0 Å². The van der Waals surface area contributed by atoms with Gasteiger partial charge in [-0.1, -0.05) is 30.3 Å². The Morgan fingerprint density at radius 1 is 1.31 bits per heavy atom. The van der Waals surface area contributed by atoms with Crippen LogP contribution in [0.4, 0.5) is 0 Å². The lowest BCUT2D eigenvalue weighted by atomic mass is 9.90. The summed E-state index contributed by atoms with van der Waals surface area (Å²) in [5.41, 5.74) is 6.81. The molecule has 2 rings (SSSR count). The molecule has 1 aromatic carbocycles. The minimum absolute atomic E-state index is 0.0221. The molecule has 0 spiro atoms. The molecule has 13 heavy (non-hydrogen) atoms. The van der Waals surface area contributed by atoms with Gasteiger partial charge in [-0.25, -0.2) is 0 Å². The number of carbonyl (C=O) groups is 1. The Kier molecular flexibility index (Phi) is 1.81. The minimum Gasteiger partial charge on any atom is -0.335 e. The number of hydrogen-bond donors (Lipinski definition) is 1. The van der Waals surface area contributed by atoms with Gasteiger partial charge in [0.25, 0.3) is 0 Å². The number of benzene rings is 1. The summed E-state index contributed by atoms with van der Waals surface area (Å²) in [7, 11) is 1.78. The molecule has 1 aromatic rings. The molecule has 3 heteroatoms. The molecule has 2 atom stereocenters. The highest BCUT2D eigenvalue weighted by Crippen LogP contribution is 2.31. The van der Waals surface area contributed by atoms with Crippen molar-refractivity contribution in [1.29, 1.82) is 0 Å². The van der Waals surface area contributed by atoms with Crippen LogP contribution in [-0.4, -0.2) is 23.9 Å². The predicted octanol–water partition coefficient (Wildman–Crippen LogP) is 0.527. The molecule has 1 aliphatic rings. The number of rotatable bonds is 1. The fraction of sp³-hybridized carbons (Fsp3) is 0.300. The van der Waals surface area contributed by atoms with E-state index < -0.39 is 0 Å². The van der Waals surface area contributed by atoms with E-state index in [2.05, 4.69) is 0 Å². The van der Waals surface area contributed by atoms with E-state index in [0.29, 0.717) is 0 Å². The summed E-state index contributed by atoms with van der Waals surface area (Å²) in [4.78, 5) is 12.8. The highest BCUT2D eigenvalue weighted by molar-refractivity contribution is 5.89. The summed E-state index contributed by atoms with van der Waals surface area (Å²) >= 11 is 0. The van der Waals surface area contributed by atoms with Crippen molar-refractivity contribution >= 4 is 5.91 Å². The van der Waals surface area contributed by atoms with Crippen LogP contribution in [0.25, 0.3) is 0 Å². The summed E-state index contributed by atoms with van der Waals surface area (Å²) in [5, 5.41) is 0. The van der Waals surface area contributed by atoms with Crippen LogP contribution in [0.1, 0.15) is 11.6 Å². The fourth-order valence-corrected chi connectivity index (χ4v) is 1.75. The number of nitrogens with two attached hydrogens (primary N) is 1.